The molecule has 0 spiro atoms. The zero-order valence-corrected chi connectivity index (χ0v) is 15.4. The van der Waals surface area contributed by atoms with Gasteiger partial charge in [-0.3, -0.25) is 14.5 Å². The van der Waals surface area contributed by atoms with E-state index in [1.807, 2.05) is 77.7 Å². The fourth-order valence-corrected chi connectivity index (χ4v) is 4.24. The third-order valence-corrected chi connectivity index (χ3v) is 5.60. The largest absolute Gasteiger partial charge is 0.322 e. The molecule has 1 aliphatic heterocycles. The number of nitrogens with zero attached hydrogens (tertiary/aromatic N) is 1. The van der Waals surface area contributed by atoms with Crippen molar-refractivity contribution in [3.8, 4) is 0 Å². The highest BCUT2D eigenvalue weighted by Crippen LogP contribution is 2.41. The minimum Gasteiger partial charge on any atom is -0.322 e. The van der Waals surface area contributed by atoms with Crippen LogP contribution in [0.4, 0.5) is 11.4 Å². The summed E-state index contributed by atoms with van der Waals surface area (Å²) in [5.41, 5.74) is 3.29. The predicted molar refractivity (Wildman–Crippen MR) is 110 cm³/mol. The second kappa shape index (κ2) is 7.68. The number of hydrogen-bond acceptors (Lipinski definition) is 3. The Hall–Kier alpha value is -3.05. The van der Waals surface area contributed by atoms with Gasteiger partial charge in [-0.05, 0) is 42.0 Å². The van der Waals surface area contributed by atoms with Gasteiger partial charge in [0, 0.05) is 16.9 Å². The van der Waals surface area contributed by atoms with Crippen molar-refractivity contribution in [3.63, 3.8) is 0 Å². The second-order valence-corrected chi connectivity index (χ2v) is 7.27. The van der Waals surface area contributed by atoms with Crippen molar-refractivity contribution in [1.29, 1.82) is 0 Å². The van der Waals surface area contributed by atoms with Crippen LogP contribution in [0.25, 0.3) is 0 Å². The van der Waals surface area contributed by atoms with Crippen molar-refractivity contribution < 1.29 is 9.59 Å². The van der Waals surface area contributed by atoms with E-state index in [9.17, 15) is 9.59 Å². The maximum Gasteiger partial charge on any atom is 0.255 e. The fraction of sp³-hybridized carbons (Fsp3) is 0.0909. The number of carbonyl (C=O) groups excluding carboxylic acids is 2. The van der Waals surface area contributed by atoms with Crippen molar-refractivity contribution in [2.75, 3.05) is 16.0 Å². The topological polar surface area (TPSA) is 49.4 Å². The first-order chi connectivity index (χ1) is 13.2. The molecular formula is C22H18N2O2S. The van der Waals surface area contributed by atoms with E-state index in [-0.39, 0.29) is 17.2 Å². The maximum atomic E-state index is 12.4. The molecule has 4 nitrogen and oxygen atoms in total. The van der Waals surface area contributed by atoms with Gasteiger partial charge in [-0.15, -0.1) is 11.8 Å². The Bertz CT molecular complexity index is 943. The van der Waals surface area contributed by atoms with Gasteiger partial charge in [0.25, 0.3) is 5.91 Å². The molecule has 4 rings (SSSR count). The van der Waals surface area contributed by atoms with E-state index < -0.39 is 0 Å². The lowest BCUT2D eigenvalue weighted by Crippen LogP contribution is -2.27. The van der Waals surface area contributed by atoms with Crippen LogP contribution in [0.5, 0.6) is 0 Å². The van der Waals surface area contributed by atoms with Crippen molar-refractivity contribution in [2.45, 2.75) is 5.37 Å². The average molecular weight is 374 g/mol. The van der Waals surface area contributed by atoms with Gasteiger partial charge in [-0.2, -0.15) is 0 Å². The van der Waals surface area contributed by atoms with Crippen molar-refractivity contribution >= 4 is 35.0 Å². The summed E-state index contributed by atoms with van der Waals surface area (Å²) in [6.45, 7) is 0. The highest BCUT2D eigenvalue weighted by molar-refractivity contribution is 8.00. The molecule has 0 aliphatic carbocycles. The van der Waals surface area contributed by atoms with Crippen LogP contribution in [-0.2, 0) is 4.79 Å². The van der Waals surface area contributed by atoms with E-state index in [0.717, 1.165) is 16.9 Å². The van der Waals surface area contributed by atoms with Crippen LogP contribution in [0.15, 0.2) is 84.9 Å². The van der Waals surface area contributed by atoms with Crippen LogP contribution in [0, 0.1) is 0 Å². The van der Waals surface area contributed by atoms with E-state index in [1.54, 1.807) is 23.9 Å². The number of benzene rings is 3. The summed E-state index contributed by atoms with van der Waals surface area (Å²) in [6, 6.07) is 26.5. The SMILES string of the molecule is O=C(Nc1ccc(C2SCC(=O)N2c2ccccc2)cc1)c1ccccc1. The van der Waals surface area contributed by atoms with Crippen molar-refractivity contribution in [2.24, 2.45) is 0 Å². The zero-order valence-electron chi connectivity index (χ0n) is 14.5. The molecule has 3 aromatic carbocycles. The molecule has 0 saturated carbocycles. The molecule has 1 N–H and O–H groups in total. The quantitative estimate of drug-likeness (QED) is 0.719. The number of amides is 2. The molecule has 0 aromatic heterocycles. The summed E-state index contributed by atoms with van der Waals surface area (Å²) >= 11 is 1.61. The minimum absolute atomic E-state index is 0.0567. The van der Waals surface area contributed by atoms with Gasteiger partial charge in [0.15, 0.2) is 0 Å². The molecule has 134 valence electrons. The fourth-order valence-electron chi connectivity index (χ4n) is 3.06. The smallest absolute Gasteiger partial charge is 0.255 e. The van der Waals surface area contributed by atoms with Gasteiger partial charge in [0.05, 0.1) is 5.75 Å². The molecule has 1 aliphatic rings. The molecule has 1 saturated heterocycles. The molecule has 1 fully saturated rings. The minimum atomic E-state index is -0.139. The van der Waals surface area contributed by atoms with E-state index in [2.05, 4.69) is 5.32 Å². The third-order valence-electron chi connectivity index (χ3n) is 4.39. The first-order valence-corrected chi connectivity index (χ1v) is 9.72. The first-order valence-electron chi connectivity index (χ1n) is 8.67. The summed E-state index contributed by atoms with van der Waals surface area (Å²) in [7, 11) is 0. The summed E-state index contributed by atoms with van der Waals surface area (Å²) in [4.78, 5) is 26.5. The summed E-state index contributed by atoms with van der Waals surface area (Å²) in [5, 5.41) is 2.84. The first kappa shape index (κ1) is 17.4. The number of nitrogens with one attached hydrogen (secondary N) is 1. The Morgan fingerprint density at radius 2 is 1.52 bits per heavy atom. The van der Waals surface area contributed by atoms with E-state index in [0.29, 0.717) is 11.3 Å². The number of thioether (sulfide) groups is 1. The van der Waals surface area contributed by atoms with Crippen molar-refractivity contribution in [3.05, 3.63) is 96.1 Å². The Morgan fingerprint density at radius 3 is 2.19 bits per heavy atom. The molecule has 1 heterocycles. The highest BCUT2D eigenvalue weighted by atomic mass is 32.2. The molecule has 0 bridgehead atoms. The Labute approximate surface area is 162 Å². The Morgan fingerprint density at radius 1 is 0.889 bits per heavy atom. The molecule has 3 aromatic rings. The molecule has 5 heteroatoms. The molecule has 1 unspecified atom stereocenters. The standard InChI is InChI=1S/C22H18N2O2S/c25-20-15-27-22(24(20)19-9-5-2-6-10-19)17-11-13-18(14-12-17)23-21(26)16-7-3-1-4-8-16/h1-14,22H,15H2,(H,23,26). The van der Waals surface area contributed by atoms with E-state index in [4.69, 9.17) is 0 Å². The Kier molecular flexibility index (Phi) is 4.94. The molecule has 1 atom stereocenters. The number of hydrogen-bond donors (Lipinski definition) is 1. The number of carbonyl (C=O) groups is 2. The summed E-state index contributed by atoms with van der Waals surface area (Å²) in [5.74, 6) is 0.434. The number of rotatable bonds is 4. The van der Waals surface area contributed by atoms with Crippen LogP contribution >= 0.6 is 11.8 Å². The summed E-state index contributed by atoms with van der Waals surface area (Å²) < 4.78 is 0. The molecular weight excluding hydrogens is 356 g/mol. The van der Waals surface area contributed by atoms with Crippen molar-refractivity contribution in [1.82, 2.24) is 0 Å². The molecule has 0 radical (unpaired) electrons. The lowest BCUT2D eigenvalue weighted by atomic mass is 10.1. The van der Waals surface area contributed by atoms with E-state index >= 15 is 0 Å². The van der Waals surface area contributed by atoms with Crippen LogP contribution < -0.4 is 10.2 Å². The third kappa shape index (κ3) is 3.73. The molecule has 2 amide bonds. The van der Waals surface area contributed by atoms with Gasteiger partial charge in [-0.1, -0.05) is 48.5 Å². The zero-order chi connectivity index (χ0) is 18.6. The van der Waals surface area contributed by atoms with Crippen LogP contribution in [0.2, 0.25) is 0 Å². The number of para-hydroxylation sites is 1. The number of anilines is 2. The van der Waals surface area contributed by atoms with Gasteiger partial charge >= 0.3 is 0 Å². The lowest BCUT2D eigenvalue weighted by Gasteiger charge is -2.24. The van der Waals surface area contributed by atoms with Crippen LogP contribution in [-0.4, -0.2) is 17.6 Å². The van der Waals surface area contributed by atoms with Gasteiger partial charge in [0.2, 0.25) is 5.91 Å². The summed E-state index contributed by atoms with van der Waals surface area (Å²) in [6.07, 6.45) is 0. The predicted octanol–water partition coefficient (Wildman–Crippen LogP) is 4.72. The second-order valence-electron chi connectivity index (χ2n) is 6.20. The molecule has 27 heavy (non-hydrogen) atoms. The highest BCUT2D eigenvalue weighted by Gasteiger charge is 2.33. The monoisotopic (exact) mass is 374 g/mol. The average Bonchev–Trinajstić information content (AvgIpc) is 3.11. The van der Waals surface area contributed by atoms with Gasteiger partial charge < -0.3 is 5.32 Å². The van der Waals surface area contributed by atoms with Gasteiger partial charge in [0.1, 0.15) is 5.37 Å². The van der Waals surface area contributed by atoms with E-state index in [1.165, 1.54) is 0 Å². The Balaban J connectivity index is 1.52. The van der Waals surface area contributed by atoms with Crippen LogP contribution in [0.3, 0.4) is 0 Å². The lowest BCUT2D eigenvalue weighted by molar-refractivity contribution is -0.115. The van der Waals surface area contributed by atoms with Gasteiger partial charge in [-0.25, -0.2) is 0 Å². The maximum absolute atomic E-state index is 12.4. The van der Waals surface area contributed by atoms with Crippen LogP contribution in [0.1, 0.15) is 21.3 Å². The normalized spacial score (nSPS) is 16.4.